The van der Waals surface area contributed by atoms with Crippen LogP contribution in [0, 0.1) is 11.8 Å². The number of anilines is 1. The second kappa shape index (κ2) is 22.1. The van der Waals surface area contributed by atoms with Crippen LogP contribution in [0.5, 0.6) is 0 Å². The molecule has 59 heavy (non-hydrogen) atoms. The van der Waals surface area contributed by atoms with E-state index >= 15 is 0 Å². The van der Waals surface area contributed by atoms with Gasteiger partial charge in [0.05, 0.1) is 30.7 Å². The van der Waals surface area contributed by atoms with Gasteiger partial charge in [-0.1, -0.05) is 71.4 Å². The van der Waals surface area contributed by atoms with Crippen LogP contribution in [-0.4, -0.2) is 133 Å². The lowest BCUT2D eigenvalue weighted by Gasteiger charge is -2.36. The fourth-order valence-corrected chi connectivity index (χ4v) is 8.04. The molecular formula is C40H59N6O12P. The molecule has 326 valence electrons. The van der Waals surface area contributed by atoms with Crippen LogP contribution in [-0.2, 0) is 46.9 Å². The summed E-state index contributed by atoms with van der Waals surface area (Å²) in [5.41, 5.74) is 0.563. The number of carbonyl (C=O) groups excluding carboxylic acids is 5. The van der Waals surface area contributed by atoms with Gasteiger partial charge < -0.3 is 39.0 Å². The molecule has 2 saturated heterocycles. The highest BCUT2D eigenvalue weighted by Gasteiger charge is 2.41. The van der Waals surface area contributed by atoms with Crippen LogP contribution in [0.15, 0.2) is 36.4 Å². The molecule has 0 saturated carbocycles. The number of amides is 3. The summed E-state index contributed by atoms with van der Waals surface area (Å²) in [7, 11) is -2.97. The van der Waals surface area contributed by atoms with Gasteiger partial charge in [0, 0.05) is 58.0 Å². The van der Waals surface area contributed by atoms with Crippen molar-refractivity contribution in [1.29, 1.82) is 0 Å². The summed E-state index contributed by atoms with van der Waals surface area (Å²) in [4.78, 5) is 80.7. The average molecular weight is 847 g/mol. The molecule has 2 aliphatic rings. The minimum Gasteiger partial charge on any atom is -0.449 e. The van der Waals surface area contributed by atoms with Crippen molar-refractivity contribution in [3.63, 3.8) is 0 Å². The van der Waals surface area contributed by atoms with Gasteiger partial charge in [-0.3, -0.25) is 32.8 Å². The van der Waals surface area contributed by atoms with Crippen molar-refractivity contribution in [3.8, 4) is 11.4 Å². The Kier molecular flexibility index (Phi) is 17.6. The predicted molar refractivity (Wildman–Crippen MR) is 216 cm³/mol. The number of carbonyl (C=O) groups is 5. The molecular weight excluding hydrogens is 787 g/mol. The zero-order chi connectivity index (χ0) is 43.3. The van der Waals surface area contributed by atoms with Crippen LogP contribution in [0.25, 0.3) is 11.4 Å². The monoisotopic (exact) mass is 846 g/mol. The molecule has 4 rings (SSSR count). The van der Waals surface area contributed by atoms with Crippen molar-refractivity contribution in [2.45, 2.75) is 92.5 Å². The number of aromatic nitrogens is 2. The van der Waals surface area contributed by atoms with Crippen LogP contribution in [0.1, 0.15) is 78.2 Å². The highest BCUT2D eigenvalue weighted by molar-refractivity contribution is 7.54. The fraction of sp³-hybridized carbons (Fsp3) is 0.625. The first-order chi connectivity index (χ1) is 28.0. The maximum atomic E-state index is 14.8. The third kappa shape index (κ3) is 14.0. The second-order valence-corrected chi connectivity index (χ2v) is 17.0. The van der Waals surface area contributed by atoms with Gasteiger partial charge in [-0.2, -0.15) is 0 Å². The van der Waals surface area contributed by atoms with Gasteiger partial charge in [-0.25, -0.2) is 14.8 Å². The molecule has 18 nitrogen and oxygen atoms in total. The molecule has 5 atom stereocenters. The normalized spacial score (nSPS) is 18.2. The van der Waals surface area contributed by atoms with E-state index < -0.39 is 74.1 Å². The number of esters is 2. The van der Waals surface area contributed by atoms with Gasteiger partial charge in [0.15, 0.2) is 5.82 Å². The Balaban J connectivity index is 1.70. The number of piperazine rings is 1. The standard InChI is InChI=1S/C40H59N6O12P/c1-9-10-22-54-40(51)45-20-18-44(19-21-45)37(48)33(25-59(52,57-28(6)55-38(49)26(2)3)58-29(7)56-39(50)27(4)5)42-36(47)32-23-34(46-17-16-31(24-46)53-8)43-35(41-32)30-14-12-11-13-15-30/h11-15,23,26-29,31,33H,9-10,16-22,24-25H2,1-8H3,(H,42,47)/t28-,29?,31+,33?,59?/m1/s1. The van der Waals surface area contributed by atoms with Crippen molar-refractivity contribution in [2.75, 3.05) is 64.0 Å². The quantitative estimate of drug-likeness (QED) is 0.0659. The maximum absolute atomic E-state index is 14.8. The van der Waals surface area contributed by atoms with Gasteiger partial charge in [-0.05, 0) is 26.7 Å². The van der Waals surface area contributed by atoms with E-state index in [4.69, 9.17) is 33.0 Å². The average Bonchev–Trinajstić information content (AvgIpc) is 3.70. The molecule has 1 aromatic carbocycles. The molecule has 2 aromatic rings. The van der Waals surface area contributed by atoms with Crippen molar-refractivity contribution in [2.24, 2.45) is 11.8 Å². The lowest BCUT2D eigenvalue weighted by molar-refractivity contribution is -0.171. The minimum atomic E-state index is -4.61. The smallest absolute Gasteiger partial charge is 0.409 e. The molecule has 2 fully saturated rings. The number of nitrogens with zero attached hydrogens (tertiary/aromatic N) is 5. The number of benzene rings is 1. The molecule has 19 heteroatoms. The third-order valence-electron chi connectivity index (χ3n) is 9.49. The van der Waals surface area contributed by atoms with Crippen molar-refractivity contribution >= 4 is 43.3 Å². The van der Waals surface area contributed by atoms with Gasteiger partial charge in [0.1, 0.15) is 17.6 Å². The molecule has 0 spiro atoms. The first kappa shape index (κ1) is 47.0. The Morgan fingerprint density at radius 3 is 1.98 bits per heavy atom. The van der Waals surface area contributed by atoms with E-state index in [0.717, 1.165) is 12.8 Å². The van der Waals surface area contributed by atoms with Crippen LogP contribution in [0.3, 0.4) is 0 Å². The summed E-state index contributed by atoms with van der Waals surface area (Å²) >= 11 is 0. The van der Waals surface area contributed by atoms with Crippen LogP contribution < -0.4 is 10.2 Å². The minimum absolute atomic E-state index is 0.0402. The molecule has 1 aromatic heterocycles. The van der Waals surface area contributed by atoms with Crippen molar-refractivity contribution in [3.05, 3.63) is 42.1 Å². The largest absolute Gasteiger partial charge is 0.449 e. The number of methoxy groups -OCH3 is 1. The first-order valence-corrected chi connectivity index (χ1v) is 21.9. The lowest BCUT2D eigenvalue weighted by atomic mass is 10.2. The Morgan fingerprint density at radius 2 is 1.44 bits per heavy atom. The van der Waals surface area contributed by atoms with Gasteiger partial charge in [0.25, 0.3) is 5.91 Å². The van der Waals surface area contributed by atoms with Crippen LogP contribution >= 0.6 is 7.60 Å². The van der Waals surface area contributed by atoms with E-state index in [0.29, 0.717) is 30.9 Å². The summed E-state index contributed by atoms with van der Waals surface area (Å²) in [6.45, 7) is 12.9. The van der Waals surface area contributed by atoms with Gasteiger partial charge >= 0.3 is 25.6 Å². The molecule has 2 aliphatic heterocycles. The zero-order valence-electron chi connectivity index (χ0n) is 35.3. The highest BCUT2D eigenvalue weighted by atomic mass is 31.2. The van der Waals surface area contributed by atoms with Crippen LogP contribution in [0.2, 0.25) is 0 Å². The predicted octanol–water partition coefficient (Wildman–Crippen LogP) is 4.86. The Morgan fingerprint density at radius 1 is 0.847 bits per heavy atom. The topological polar surface area (TPSA) is 205 Å². The Hall–Kier alpha value is -4.64. The molecule has 0 bridgehead atoms. The summed E-state index contributed by atoms with van der Waals surface area (Å²) in [5.74, 6) is -3.15. The molecule has 3 heterocycles. The van der Waals surface area contributed by atoms with Crippen LogP contribution in [0.4, 0.5) is 10.6 Å². The molecule has 1 N–H and O–H groups in total. The SMILES string of the molecule is CCCCOC(=O)N1CCN(C(=O)C(CP(=O)(OC(C)OC(=O)C(C)C)O[C@H](C)OC(=O)C(C)C)NC(=O)c2cc(N3CC[C@H](OC)C3)nc(-c3ccccc3)n2)CC1. The molecule has 0 radical (unpaired) electrons. The molecule has 3 amide bonds. The van der Waals surface area contributed by atoms with E-state index in [1.165, 1.54) is 29.7 Å². The van der Waals surface area contributed by atoms with Gasteiger partial charge in [0.2, 0.25) is 18.5 Å². The number of hydrogen-bond acceptors (Lipinski definition) is 15. The summed E-state index contributed by atoms with van der Waals surface area (Å²) in [5, 5.41) is 2.72. The Bertz CT molecular complexity index is 1760. The highest BCUT2D eigenvalue weighted by Crippen LogP contribution is 2.51. The molecule has 0 aliphatic carbocycles. The van der Waals surface area contributed by atoms with Crippen molar-refractivity contribution < 1.29 is 56.5 Å². The zero-order valence-corrected chi connectivity index (χ0v) is 36.2. The fourth-order valence-electron chi connectivity index (χ4n) is 6.13. The number of nitrogens with one attached hydrogen (secondary N) is 1. The van der Waals surface area contributed by atoms with E-state index in [1.807, 2.05) is 30.0 Å². The number of hydrogen-bond donors (Lipinski definition) is 1. The van der Waals surface area contributed by atoms with Gasteiger partial charge in [-0.15, -0.1) is 0 Å². The number of unbranched alkanes of at least 4 members (excludes halogenated alkanes) is 1. The lowest BCUT2D eigenvalue weighted by Crippen LogP contribution is -2.57. The first-order valence-electron chi connectivity index (χ1n) is 20.1. The number of ether oxygens (including phenoxy) is 4. The molecule has 3 unspecified atom stereocenters. The van der Waals surface area contributed by atoms with E-state index in [1.54, 1.807) is 46.9 Å². The third-order valence-corrected chi connectivity index (χ3v) is 11.5. The summed E-state index contributed by atoms with van der Waals surface area (Å²) in [6.07, 6.45) is -1.87. The maximum Gasteiger partial charge on any atom is 0.409 e. The van der Waals surface area contributed by atoms with Crippen molar-refractivity contribution in [1.82, 2.24) is 25.1 Å². The summed E-state index contributed by atoms with van der Waals surface area (Å²) < 4.78 is 47.9. The van der Waals surface area contributed by atoms with E-state index in [9.17, 15) is 28.5 Å². The van der Waals surface area contributed by atoms with E-state index in [-0.39, 0.29) is 50.4 Å². The Labute approximate surface area is 346 Å². The second-order valence-electron chi connectivity index (χ2n) is 15.0. The number of rotatable bonds is 19. The summed E-state index contributed by atoms with van der Waals surface area (Å²) in [6, 6.07) is 9.01. The van der Waals surface area contributed by atoms with E-state index in [2.05, 4.69) is 10.3 Å².